The number of carbonyl (C=O) groups is 1. The van der Waals surface area contributed by atoms with E-state index in [-0.39, 0.29) is 17.0 Å². The van der Waals surface area contributed by atoms with E-state index in [0.29, 0.717) is 10.7 Å². The molecule has 2 heterocycles. The quantitative estimate of drug-likeness (QED) is 0.936. The summed E-state index contributed by atoms with van der Waals surface area (Å²) in [5, 5.41) is 9.54. The average Bonchev–Trinajstić information content (AvgIpc) is 2.65. The van der Waals surface area contributed by atoms with Crippen LogP contribution >= 0.6 is 27.3 Å². The van der Waals surface area contributed by atoms with Crippen molar-refractivity contribution in [3.8, 4) is 0 Å². The Morgan fingerprint density at radius 3 is 2.89 bits per heavy atom. The predicted octanol–water partition coefficient (Wildman–Crippen LogP) is 2.12. The van der Waals surface area contributed by atoms with Crippen LogP contribution in [0.1, 0.15) is 20.4 Å². The summed E-state index contributed by atoms with van der Waals surface area (Å²) in [6, 6.07) is 3.11. The fraction of sp³-hybridized carbons (Fsp3) is 0.182. The molecule has 1 N–H and O–H groups in total. The average molecular weight is 329 g/mol. The lowest BCUT2D eigenvalue weighted by Gasteiger charge is -2.02. The van der Waals surface area contributed by atoms with Gasteiger partial charge in [-0.15, -0.1) is 11.3 Å². The van der Waals surface area contributed by atoms with Gasteiger partial charge in [0.15, 0.2) is 0 Å². The zero-order chi connectivity index (χ0) is 13.3. The molecular formula is C11H9BrN2O3S. The molecule has 2 aromatic heterocycles. The fourth-order valence-electron chi connectivity index (χ4n) is 1.49. The highest BCUT2D eigenvalue weighted by Gasteiger charge is 2.14. The second-order valence-corrected chi connectivity index (χ2v) is 5.64. The van der Waals surface area contributed by atoms with Gasteiger partial charge in [-0.3, -0.25) is 4.79 Å². The largest absolute Gasteiger partial charge is 0.477 e. The number of halogens is 1. The minimum atomic E-state index is -0.988. The molecule has 94 valence electrons. The first-order chi connectivity index (χ1) is 8.47. The Balaban J connectivity index is 2.34. The molecule has 0 unspecified atom stereocenters. The summed E-state index contributed by atoms with van der Waals surface area (Å²) in [6.45, 7) is 1.92. The van der Waals surface area contributed by atoms with Crippen molar-refractivity contribution in [2.75, 3.05) is 0 Å². The molecule has 0 saturated heterocycles. The molecule has 0 aromatic carbocycles. The van der Waals surface area contributed by atoms with E-state index >= 15 is 0 Å². The van der Waals surface area contributed by atoms with Crippen LogP contribution in [0.4, 0.5) is 0 Å². The standard InChI is InChI=1S/C11H9BrN2O3S/c1-6-10(11(16)17)18-8(13-6)5-14-4-7(12)2-3-9(14)15/h2-4H,5H2,1H3,(H,16,17). The van der Waals surface area contributed by atoms with Crippen LogP contribution in [0.2, 0.25) is 0 Å². The van der Waals surface area contributed by atoms with Crippen LogP contribution in [0.15, 0.2) is 27.6 Å². The number of aromatic nitrogens is 2. The highest BCUT2D eigenvalue weighted by atomic mass is 79.9. The van der Waals surface area contributed by atoms with Crippen molar-refractivity contribution in [1.29, 1.82) is 0 Å². The van der Waals surface area contributed by atoms with Crippen molar-refractivity contribution in [2.45, 2.75) is 13.5 Å². The molecule has 0 bridgehead atoms. The maximum absolute atomic E-state index is 11.6. The van der Waals surface area contributed by atoms with Gasteiger partial charge in [-0.05, 0) is 28.9 Å². The Kier molecular flexibility index (Phi) is 3.63. The first kappa shape index (κ1) is 13.0. The Morgan fingerprint density at radius 2 is 2.28 bits per heavy atom. The van der Waals surface area contributed by atoms with Crippen molar-refractivity contribution in [3.63, 3.8) is 0 Å². The van der Waals surface area contributed by atoms with Crippen LogP contribution in [0.25, 0.3) is 0 Å². The van der Waals surface area contributed by atoms with Crippen LogP contribution in [-0.2, 0) is 6.54 Å². The number of carboxylic acids is 1. The molecular weight excluding hydrogens is 320 g/mol. The zero-order valence-corrected chi connectivity index (χ0v) is 11.8. The first-order valence-electron chi connectivity index (χ1n) is 5.03. The highest BCUT2D eigenvalue weighted by molar-refractivity contribution is 9.10. The summed E-state index contributed by atoms with van der Waals surface area (Å²) in [6.07, 6.45) is 1.65. The first-order valence-corrected chi connectivity index (χ1v) is 6.64. The summed E-state index contributed by atoms with van der Waals surface area (Å²) in [5.41, 5.74) is 0.327. The summed E-state index contributed by atoms with van der Waals surface area (Å²) in [5.74, 6) is -0.988. The molecule has 7 heteroatoms. The molecule has 0 aliphatic heterocycles. The molecule has 0 radical (unpaired) electrons. The minimum absolute atomic E-state index is 0.150. The van der Waals surface area contributed by atoms with Gasteiger partial charge in [0, 0.05) is 16.7 Å². The van der Waals surface area contributed by atoms with Gasteiger partial charge in [0.25, 0.3) is 5.56 Å². The topological polar surface area (TPSA) is 72.2 Å². The number of hydrogen-bond acceptors (Lipinski definition) is 4. The van der Waals surface area contributed by atoms with Gasteiger partial charge in [-0.1, -0.05) is 0 Å². The van der Waals surface area contributed by atoms with E-state index in [4.69, 9.17) is 5.11 Å². The van der Waals surface area contributed by atoms with Gasteiger partial charge < -0.3 is 9.67 Å². The molecule has 0 fully saturated rings. The molecule has 0 atom stereocenters. The van der Waals surface area contributed by atoms with Crippen LogP contribution < -0.4 is 5.56 Å². The summed E-state index contributed by atoms with van der Waals surface area (Å²) in [4.78, 5) is 26.9. The van der Waals surface area contributed by atoms with Crippen molar-refractivity contribution in [2.24, 2.45) is 0 Å². The number of thiazole rings is 1. The number of carboxylic acid groups (broad SMARTS) is 1. The van der Waals surface area contributed by atoms with Crippen LogP contribution in [0.3, 0.4) is 0 Å². The van der Waals surface area contributed by atoms with Gasteiger partial charge in [0.1, 0.15) is 9.88 Å². The van der Waals surface area contributed by atoms with Gasteiger partial charge in [0.2, 0.25) is 0 Å². The van der Waals surface area contributed by atoms with E-state index in [1.807, 2.05) is 0 Å². The number of rotatable bonds is 3. The van der Waals surface area contributed by atoms with Crippen molar-refractivity contribution < 1.29 is 9.90 Å². The number of aromatic carboxylic acids is 1. The summed E-state index contributed by atoms with van der Waals surface area (Å²) < 4.78 is 2.27. The molecule has 2 aromatic rings. The van der Waals surface area contributed by atoms with Gasteiger partial charge in [-0.2, -0.15) is 0 Å². The lowest BCUT2D eigenvalue weighted by atomic mass is 10.4. The van der Waals surface area contributed by atoms with Gasteiger partial charge >= 0.3 is 5.97 Å². The molecule has 0 saturated carbocycles. The van der Waals surface area contributed by atoms with E-state index < -0.39 is 5.97 Å². The van der Waals surface area contributed by atoms with Crippen molar-refractivity contribution in [1.82, 2.24) is 9.55 Å². The third-order valence-electron chi connectivity index (χ3n) is 2.29. The zero-order valence-electron chi connectivity index (χ0n) is 9.38. The van der Waals surface area contributed by atoms with E-state index in [9.17, 15) is 9.59 Å². The van der Waals surface area contributed by atoms with E-state index in [1.54, 1.807) is 19.2 Å². The molecule has 5 nitrogen and oxygen atoms in total. The van der Waals surface area contributed by atoms with Crippen LogP contribution in [0, 0.1) is 6.92 Å². The maximum atomic E-state index is 11.6. The Bertz CT molecular complexity index is 663. The predicted molar refractivity (Wildman–Crippen MR) is 71.3 cm³/mol. The highest BCUT2D eigenvalue weighted by Crippen LogP contribution is 2.18. The maximum Gasteiger partial charge on any atom is 0.347 e. The monoisotopic (exact) mass is 328 g/mol. The lowest BCUT2D eigenvalue weighted by molar-refractivity contribution is 0.0701. The van der Waals surface area contributed by atoms with Gasteiger partial charge in [-0.25, -0.2) is 9.78 Å². The molecule has 0 aliphatic rings. The normalized spacial score (nSPS) is 10.6. The van der Waals surface area contributed by atoms with Crippen molar-refractivity contribution >= 4 is 33.2 Å². The SMILES string of the molecule is Cc1nc(Cn2cc(Br)ccc2=O)sc1C(=O)O. The Morgan fingerprint density at radius 1 is 1.56 bits per heavy atom. The third kappa shape index (κ3) is 2.68. The smallest absolute Gasteiger partial charge is 0.347 e. The lowest BCUT2D eigenvalue weighted by Crippen LogP contribution is -2.18. The fourth-order valence-corrected chi connectivity index (χ4v) is 2.77. The second kappa shape index (κ2) is 5.03. The second-order valence-electron chi connectivity index (χ2n) is 3.64. The van der Waals surface area contributed by atoms with Crippen LogP contribution in [-0.4, -0.2) is 20.6 Å². The van der Waals surface area contributed by atoms with Crippen LogP contribution in [0.5, 0.6) is 0 Å². The third-order valence-corrected chi connectivity index (χ3v) is 3.89. The molecule has 18 heavy (non-hydrogen) atoms. The molecule has 2 rings (SSSR count). The molecule has 0 spiro atoms. The van der Waals surface area contributed by atoms with E-state index in [2.05, 4.69) is 20.9 Å². The molecule has 0 aliphatic carbocycles. The Hall–Kier alpha value is -1.47. The van der Waals surface area contributed by atoms with Gasteiger partial charge in [0.05, 0.1) is 12.2 Å². The number of pyridine rings is 1. The molecule has 0 amide bonds. The number of aryl methyl sites for hydroxylation is 1. The minimum Gasteiger partial charge on any atom is -0.477 e. The van der Waals surface area contributed by atoms with E-state index in [0.717, 1.165) is 15.8 Å². The van der Waals surface area contributed by atoms with E-state index in [1.165, 1.54) is 10.6 Å². The number of nitrogens with zero attached hydrogens (tertiary/aromatic N) is 2. The summed E-state index contributed by atoms with van der Waals surface area (Å²) in [7, 11) is 0. The number of hydrogen-bond donors (Lipinski definition) is 1. The summed E-state index contributed by atoms with van der Waals surface area (Å²) >= 11 is 4.37. The van der Waals surface area contributed by atoms with Crippen molar-refractivity contribution in [3.05, 3.63) is 48.7 Å². The Labute approximate surface area is 115 Å².